The third-order valence-corrected chi connectivity index (χ3v) is 9.60. The van der Waals surface area contributed by atoms with Crippen molar-refractivity contribution in [2.45, 2.75) is 62.6 Å². The van der Waals surface area contributed by atoms with E-state index < -0.39 is 18.1 Å². The molecular formula is C29H37N11O8. The van der Waals surface area contributed by atoms with Crippen molar-refractivity contribution >= 4 is 0 Å². The number of nitrogens with zero attached hydrogens (tertiary/aromatic N) is 11. The predicted molar refractivity (Wildman–Crippen MR) is 161 cm³/mol. The lowest BCUT2D eigenvalue weighted by Gasteiger charge is -2.22. The maximum Gasteiger partial charge on any atom is 0.351 e. The zero-order valence-electron chi connectivity index (χ0n) is 26.9. The molecule has 6 atom stereocenters. The van der Waals surface area contributed by atoms with Crippen molar-refractivity contribution in [3.8, 4) is 11.6 Å². The third kappa shape index (κ3) is 5.55. The first-order valence-corrected chi connectivity index (χ1v) is 15.5. The fourth-order valence-corrected chi connectivity index (χ4v) is 7.17. The van der Waals surface area contributed by atoms with Crippen LogP contribution in [0.1, 0.15) is 38.1 Å². The van der Waals surface area contributed by atoms with Gasteiger partial charge in [-0.25, -0.2) is 19.3 Å². The van der Waals surface area contributed by atoms with Crippen LogP contribution in [0.25, 0.3) is 11.6 Å². The van der Waals surface area contributed by atoms with Crippen molar-refractivity contribution in [1.82, 2.24) is 54.1 Å². The van der Waals surface area contributed by atoms with Gasteiger partial charge in [-0.2, -0.15) is 19.7 Å². The Morgan fingerprint density at radius 1 is 0.771 bits per heavy atom. The third-order valence-electron chi connectivity index (χ3n) is 9.60. The van der Waals surface area contributed by atoms with Crippen molar-refractivity contribution in [3.63, 3.8) is 0 Å². The summed E-state index contributed by atoms with van der Waals surface area (Å²) in [6, 6.07) is 3.41. The molecule has 6 heterocycles. The summed E-state index contributed by atoms with van der Waals surface area (Å²) in [4.78, 5) is 37.1. The SMILES string of the molecule is COC[C@H]1O[C@@H](n2ccc(-n3cncn3)nc2=O)C2(CC2)[C@@H]1OC.COC[C@H]1O[C@@H](n2ccc(-n3cnnn3)nc2=O)C2(CC2)[C@@H]1OC. The molecule has 2 saturated carbocycles. The van der Waals surface area contributed by atoms with E-state index in [1.807, 2.05) is 0 Å². The van der Waals surface area contributed by atoms with Gasteiger partial charge in [0.15, 0.2) is 11.6 Å². The molecule has 4 aromatic heterocycles. The molecule has 0 radical (unpaired) electrons. The van der Waals surface area contributed by atoms with Crippen molar-refractivity contribution in [1.29, 1.82) is 0 Å². The molecule has 2 spiro atoms. The fraction of sp³-hybridized carbons (Fsp3) is 0.621. The van der Waals surface area contributed by atoms with Gasteiger partial charge in [-0.05, 0) is 48.2 Å². The van der Waals surface area contributed by atoms with Crippen LogP contribution in [0, 0.1) is 10.8 Å². The lowest BCUT2D eigenvalue weighted by Crippen LogP contribution is -2.35. The van der Waals surface area contributed by atoms with E-state index in [4.69, 9.17) is 28.4 Å². The van der Waals surface area contributed by atoms with Gasteiger partial charge in [0.25, 0.3) is 0 Å². The van der Waals surface area contributed by atoms with E-state index in [2.05, 4.69) is 35.6 Å². The molecule has 2 aliphatic carbocycles. The summed E-state index contributed by atoms with van der Waals surface area (Å²) in [5.41, 5.74) is -1.17. The minimum absolute atomic E-state index is 0.0932. The van der Waals surface area contributed by atoms with Gasteiger partial charge >= 0.3 is 11.4 Å². The van der Waals surface area contributed by atoms with Gasteiger partial charge < -0.3 is 28.4 Å². The molecule has 19 nitrogen and oxygen atoms in total. The second-order valence-electron chi connectivity index (χ2n) is 12.3. The molecule has 4 fully saturated rings. The van der Waals surface area contributed by atoms with Gasteiger partial charge in [0.1, 0.15) is 43.6 Å². The Bertz CT molecular complexity index is 1670. The normalized spacial score (nSPS) is 27.7. The van der Waals surface area contributed by atoms with E-state index in [1.165, 1.54) is 37.5 Å². The molecule has 19 heteroatoms. The minimum Gasteiger partial charge on any atom is -0.382 e. The van der Waals surface area contributed by atoms with Crippen molar-refractivity contribution < 1.29 is 28.4 Å². The molecule has 256 valence electrons. The van der Waals surface area contributed by atoms with Crippen LogP contribution in [-0.4, -0.2) is 120 Å². The van der Waals surface area contributed by atoms with Crippen LogP contribution in [0.2, 0.25) is 0 Å². The number of tetrazole rings is 1. The fourth-order valence-electron chi connectivity index (χ4n) is 7.17. The van der Waals surface area contributed by atoms with Crippen LogP contribution in [0.4, 0.5) is 0 Å². The van der Waals surface area contributed by atoms with Crippen molar-refractivity contribution in [3.05, 3.63) is 64.5 Å². The Labute approximate surface area is 273 Å². The molecule has 0 amide bonds. The predicted octanol–water partition coefficient (Wildman–Crippen LogP) is -0.279. The Hall–Kier alpha value is -4.27. The summed E-state index contributed by atoms with van der Waals surface area (Å²) in [6.07, 6.45) is 10.0. The van der Waals surface area contributed by atoms with Crippen LogP contribution in [0.5, 0.6) is 0 Å². The maximum absolute atomic E-state index is 12.5. The Morgan fingerprint density at radius 3 is 1.67 bits per heavy atom. The van der Waals surface area contributed by atoms with Crippen LogP contribution in [0.15, 0.2) is 53.1 Å². The first-order valence-electron chi connectivity index (χ1n) is 15.5. The van der Waals surface area contributed by atoms with Gasteiger partial charge in [-0.15, -0.1) is 5.10 Å². The molecule has 2 saturated heterocycles. The van der Waals surface area contributed by atoms with Gasteiger partial charge in [-0.3, -0.25) is 9.13 Å². The van der Waals surface area contributed by atoms with Crippen LogP contribution in [-0.2, 0) is 28.4 Å². The number of rotatable bonds is 10. The number of ether oxygens (including phenoxy) is 6. The number of hydrogen-bond acceptors (Lipinski definition) is 15. The molecule has 2 aliphatic heterocycles. The average molecular weight is 668 g/mol. The van der Waals surface area contributed by atoms with Crippen molar-refractivity contribution in [2.24, 2.45) is 10.8 Å². The highest BCUT2D eigenvalue weighted by molar-refractivity contribution is 5.19. The monoisotopic (exact) mass is 667 g/mol. The van der Waals surface area contributed by atoms with E-state index in [1.54, 1.807) is 53.0 Å². The molecular weight excluding hydrogens is 630 g/mol. The standard InChI is InChI=1S/C15H19N5O4.C14H18N6O4/c1-22-7-10-12(23-2)15(4-5-15)13(24-10)19-6-3-11(18-14(19)21)20-9-16-8-17-20;1-22-7-9-11(23-2)14(4-5-14)12(24-9)19-6-3-10(16-13(19)21)20-8-15-17-18-20/h3,6,8-10,12-13H,4-5,7H2,1-2H3;3,6,8-9,11-12H,4-5,7H2,1-2H3/t10-,12-,13-;9-,11-,12-/m11/s1. The van der Waals surface area contributed by atoms with E-state index in [9.17, 15) is 9.59 Å². The van der Waals surface area contributed by atoms with Crippen LogP contribution in [0.3, 0.4) is 0 Å². The molecule has 4 aliphatic rings. The van der Waals surface area contributed by atoms with Gasteiger partial charge in [0.2, 0.25) is 0 Å². The molecule has 4 aromatic rings. The lowest BCUT2D eigenvalue weighted by atomic mass is 9.96. The molecule has 0 aromatic carbocycles. The van der Waals surface area contributed by atoms with E-state index in [-0.39, 0.29) is 40.9 Å². The zero-order chi connectivity index (χ0) is 33.5. The topological polar surface area (TPSA) is 199 Å². The van der Waals surface area contributed by atoms with Gasteiger partial charge in [0.05, 0.1) is 25.4 Å². The number of aromatic nitrogens is 11. The first kappa shape index (κ1) is 32.3. The van der Waals surface area contributed by atoms with Crippen LogP contribution >= 0.6 is 0 Å². The van der Waals surface area contributed by atoms with Crippen LogP contribution < -0.4 is 11.4 Å². The highest BCUT2D eigenvalue weighted by Gasteiger charge is 2.66. The molecule has 8 rings (SSSR count). The lowest BCUT2D eigenvalue weighted by molar-refractivity contribution is -0.0625. The first-order chi connectivity index (χ1) is 23.4. The second-order valence-corrected chi connectivity index (χ2v) is 12.3. The summed E-state index contributed by atoms with van der Waals surface area (Å²) < 4.78 is 39.8. The Morgan fingerprint density at radius 2 is 1.29 bits per heavy atom. The highest BCUT2D eigenvalue weighted by atomic mass is 16.6. The summed E-state index contributed by atoms with van der Waals surface area (Å²) >= 11 is 0. The summed E-state index contributed by atoms with van der Waals surface area (Å²) in [6.45, 7) is 0.845. The molecule has 0 unspecified atom stereocenters. The van der Waals surface area contributed by atoms with E-state index >= 15 is 0 Å². The van der Waals surface area contributed by atoms with Crippen molar-refractivity contribution in [2.75, 3.05) is 41.7 Å². The number of hydrogen-bond donors (Lipinski definition) is 0. The molecule has 0 bridgehead atoms. The smallest absolute Gasteiger partial charge is 0.351 e. The Kier molecular flexibility index (Phi) is 8.73. The quantitative estimate of drug-likeness (QED) is 0.214. The summed E-state index contributed by atoms with van der Waals surface area (Å²) in [5, 5.41) is 14.8. The van der Waals surface area contributed by atoms with Gasteiger partial charge in [-0.1, -0.05) is 0 Å². The van der Waals surface area contributed by atoms with E-state index in [0.29, 0.717) is 24.8 Å². The molecule has 0 N–H and O–H groups in total. The van der Waals surface area contributed by atoms with E-state index in [0.717, 1.165) is 25.7 Å². The number of methoxy groups -OCH3 is 4. The summed E-state index contributed by atoms with van der Waals surface area (Å²) in [5.74, 6) is 0.786. The maximum atomic E-state index is 12.5. The second kappa shape index (κ2) is 13.0. The molecule has 48 heavy (non-hydrogen) atoms. The van der Waals surface area contributed by atoms with Gasteiger partial charge in [0, 0.05) is 51.7 Å². The average Bonchev–Trinajstić information content (AvgIpc) is 3.76. The zero-order valence-corrected chi connectivity index (χ0v) is 26.9. The highest BCUT2D eigenvalue weighted by Crippen LogP contribution is 2.64. The minimum atomic E-state index is -0.412. The largest absolute Gasteiger partial charge is 0.382 e. The Balaban J connectivity index is 0.000000152. The summed E-state index contributed by atoms with van der Waals surface area (Å²) in [7, 11) is 6.59.